The standard InChI is InChI=1S/C20H28N4O4S/c1-15-5-9-18(10-6-15)29(25,26)24-12-11-22-20(21-2)23-14-16-7-8-17(27-3)13-19(16)28-4/h5-10,13,24H,11-12,14H2,1-4H3,(H2,21,22,23). The minimum Gasteiger partial charge on any atom is -0.497 e. The first-order valence-electron chi connectivity index (χ1n) is 9.11. The maximum atomic E-state index is 12.3. The number of rotatable bonds is 9. The molecule has 0 heterocycles. The minimum atomic E-state index is -3.53. The predicted octanol–water partition coefficient (Wildman–Crippen LogP) is 1.66. The largest absolute Gasteiger partial charge is 0.497 e. The van der Waals surface area contributed by atoms with Crippen molar-refractivity contribution in [2.75, 3.05) is 34.4 Å². The van der Waals surface area contributed by atoms with Crippen molar-refractivity contribution in [3.05, 3.63) is 53.6 Å². The molecule has 8 nitrogen and oxygen atoms in total. The molecule has 0 aliphatic heterocycles. The van der Waals surface area contributed by atoms with Gasteiger partial charge >= 0.3 is 0 Å². The van der Waals surface area contributed by atoms with Gasteiger partial charge in [-0.25, -0.2) is 13.1 Å². The number of sulfonamides is 1. The summed E-state index contributed by atoms with van der Waals surface area (Å²) in [7, 11) is 1.32. The predicted molar refractivity (Wildman–Crippen MR) is 114 cm³/mol. The number of hydrogen-bond acceptors (Lipinski definition) is 5. The van der Waals surface area contributed by atoms with E-state index in [0.717, 1.165) is 11.1 Å². The Labute approximate surface area is 172 Å². The summed E-state index contributed by atoms with van der Waals surface area (Å²) in [5.74, 6) is 1.98. The van der Waals surface area contributed by atoms with Gasteiger partial charge in [0, 0.05) is 38.3 Å². The number of benzene rings is 2. The molecule has 0 bridgehead atoms. The van der Waals surface area contributed by atoms with Crippen molar-refractivity contribution in [1.82, 2.24) is 15.4 Å². The summed E-state index contributed by atoms with van der Waals surface area (Å²) in [6.07, 6.45) is 0. The van der Waals surface area contributed by atoms with Crippen LogP contribution in [0.5, 0.6) is 11.5 Å². The Balaban J connectivity index is 1.83. The van der Waals surface area contributed by atoms with Crippen molar-refractivity contribution in [2.24, 2.45) is 4.99 Å². The molecule has 0 unspecified atom stereocenters. The van der Waals surface area contributed by atoms with Gasteiger partial charge in [-0.15, -0.1) is 0 Å². The molecule has 0 aromatic heterocycles. The van der Waals surface area contributed by atoms with Crippen LogP contribution in [0.2, 0.25) is 0 Å². The summed E-state index contributed by atoms with van der Waals surface area (Å²) < 4.78 is 37.7. The van der Waals surface area contributed by atoms with E-state index in [-0.39, 0.29) is 11.4 Å². The third-order valence-electron chi connectivity index (χ3n) is 4.20. The Morgan fingerprint density at radius 1 is 1.00 bits per heavy atom. The van der Waals surface area contributed by atoms with E-state index in [1.54, 1.807) is 45.5 Å². The van der Waals surface area contributed by atoms with Gasteiger partial charge in [0.2, 0.25) is 10.0 Å². The SMILES string of the molecule is CN=C(NCCNS(=O)(=O)c1ccc(C)cc1)NCc1ccc(OC)cc1OC. The second-order valence-corrected chi connectivity index (χ2v) is 8.01. The van der Waals surface area contributed by atoms with Gasteiger partial charge in [-0.2, -0.15) is 0 Å². The van der Waals surface area contributed by atoms with Gasteiger partial charge in [-0.3, -0.25) is 4.99 Å². The number of guanidine groups is 1. The van der Waals surface area contributed by atoms with E-state index in [2.05, 4.69) is 20.3 Å². The van der Waals surface area contributed by atoms with Crippen LogP contribution in [0.3, 0.4) is 0 Å². The second kappa shape index (κ2) is 10.7. The van der Waals surface area contributed by atoms with E-state index in [9.17, 15) is 8.42 Å². The van der Waals surface area contributed by atoms with Gasteiger partial charge in [0.15, 0.2) is 5.96 Å². The average molecular weight is 421 g/mol. The fraction of sp³-hybridized carbons (Fsp3) is 0.350. The average Bonchev–Trinajstić information content (AvgIpc) is 2.73. The van der Waals surface area contributed by atoms with Crippen LogP contribution in [0.4, 0.5) is 0 Å². The zero-order chi connectivity index (χ0) is 21.3. The molecule has 2 rings (SSSR count). The number of methoxy groups -OCH3 is 2. The molecule has 0 saturated carbocycles. The maximum absolute atomic E-state index is 12.3. The zero-order valence-electron chi connectivity index (χ0n) is 17.2. The second-order valence-electron chi connectivity index (χ2n) is 6.24. The molecule has 9 heteroatoms. The van der Waals surface area contributed by atoms with Crippen molar-refractivity contribution >= 4 is 16.0 Å². The lowest BCUT2D eigenvalue weighted by Gasteiger charge is -2.15. The molecule has 0 fully saturated rings. The number of ether oxygens (including phenoxy) is 2. The third kappa shape index (κ3) is 6.65. The molecule has 0 aliphatic carbocycles. The Bertz CT molecular complexity index is 928. The van der Waals surface area contributed by atoms with E-state index in [1.165, 1.54) is 0 Å². The fourth-order valence-electron chi connectivity index (χ4n) is 2.56. The van der Waals surface area contributed by atoms with Crippen LogP contribution in [0.15, 0.2) is 52.4 Å². The molecule has 0 aliphatic rings. The lowest BCUT2D eigenvalue weighted by atomic mass is 10.2. The van der Waals surface area contributed by atoms with Crippen LogP contribution >= 0.6 is 0 Å². The molecule has 0 radical (unpaired) electrons. The lowest BCUT2D eigenvalue weighted by molar-refractivity contribution is 0.390. The van der Waals surface area contributed by atoms with Crippen LogP contribution in [0.25, 0.3) is 0 Å². The third-order valence-corrected chi connectivity index (χ3v) is 5.68. The summed E-state index contributed by atoms with van der Waals surface area (Å²) in [4.78, 5) is 4.39. The van der Waals surface area contributed by atoms with Gasteiger partial charge in [0.1, 0.15) is 11.5 Å². The van der Waals surface area contributed by atoms with Crippen molar-refractivity contribution < 1.29 is 17.9 Å². The highest BCUT2D eigenvalue weighted by molar-refractivity contribution is 7.89. The topological polar surface area (TPSA) is 101 Å². The van der Waals surface area contributed by atoms with Crippen LogP contribution in [0, 0.1) is 6.92 Å². The monoisotopic (exact) mass is 420 g/mol. The van der Waals surface area contributed by atoms with Gasteiger partial charge < -0.3 is 20.1 Å². The highest BCUT2D eigenvalue weighted by Crippen LogP contribution is 2.24. The van der Waals surface area contributed by atoms with Crippen LogP contribution in [-0.2, 0) is 16.6 Å². The molecule has 0 atom stereocenters. The van der Waals surface area contributed by atoms with Crippen LogP contribution < -0.4 is 24.8 Å². The molecule has 0 saturated heterocycles. The van der Waals surface area contributed by atoms with Crippen molar-refractivity contribution in [3.8, 4) is 11.5 Å². The fourth-order valence-corrected chi connectivity index (χ4v) is 3.60. The maximum Gasteiger partial charge on any atom is 0.240 e. The summed E-state index contributed by atoms with van der Waals surface area (Å²) in [5.41, 5.74) is 1.95. The number of hydrogen-bond donors (Lipinski definition) is 3. The van der Waals surface area contributed by atoms with Crippen LogP contribution in [0.1, 0.15) is 11.1 Å². The molecule has 0 amide bonds. The van der Waals surface area contributed by atoms with Crippen molar-refractivity contribution in [3.63, 3.8) is 0 Å². The molecular weight excluding hydrogens is 392 g/mol. The highest BCUT2D eigenvalue weighted by atomic mass is 32.2. The van der Waals surface area contributed by atoms with Crippen LogP contribution in [-0.4, -0.2) is 48.7 Å². The lowest BCUT2D eigenvalue weighted by Crippen LogP contribution is -2.41. The normalized spacial score (nSPS) is 11.8. The molecule has 3 N–H and O–H groups in total. The van der Waals surface area contributed by atoms with Crippen molar-refractivity contribution in [2.45, 2.75) is 18.4 Å². The van der Waals surface area contributed by atoms with E-state index in [4.69, 9.17) is 9.47 Å². The Kier molecular flexibility index (Phi) is 8.29. The van der Waals surface area contributed by atoms with Crippen molar-refractivity contribution in [1.29, 1.82) is 0 Å². The molecule has 158 valence electrons. The minimum absolute atomic E-state index is 0.225. The first-order valence-corrected chi connectivity index (χ1v) is 10.6. The highest BCUT2D eigenvalue weighted by Gasteiger charge is 2.12. The van der Waals surface area contributed by atoms with E-state index in [0.29, 0.717) is 30.5 Å². The molecular formula is C20H28N4O4S. The number of nitrogens with one attached hydrogen (secondary N) is 3. The Morgan fingerprint density at radius 2 is 1.72 bits per heavy atom. The van der Waals surface area contributed by atoms with Gasteiger partial charge in [-0.05, 0) is 31.2 Å². The zero-order valence-corrected chi connectivity index (χ0v) is 18.0. The summed E-state index contributed by atoms with van der Waals surface area (Å²) in [6.45, 7) is 3.00. The molecule has 2 aromatic rings. The summed E-state index contributed by atoms with van der Waals surface area (Å²) in [5, 5.41) is 6.25. The van der Waals surface area contributed by atoms with Gasteiger partial charge in [-0.1, -0.05) is 17.7 Å². The molecule has 0 spiro atoms. The molecule has 2 aromatic carbocycles. The number of nitrogens with zero attached hydrogens (tertiary/aromatic N) is 1. The Hall–Kier alpha value is -2.78. The summed E-state index contributed by atoms with van der Waals surface area (Å²) >= 11 is 0. The Morgan fingerprint density at radius 3 is 2.34 bits per heavy atom. The van der Waals surface area contributed by atoms with E-state index >= 15 is 0 Å². The van der Waals surface area contributed by atoms with Gasteiger partial charge in [0.25, 0.3) is 0 Å². The molecule has 29 heavy (non-hydrogen) atoms. The first kappa shape index (κ1) is 22.5. The van der Waals surface area contributed by atoms with E-state index < -0.39 is 10.0 Å². The smallest absolute Gasteiger partial charge is 0.240 e. The first-order chi connectivity index (χ1) is 13.9. The number of aryl methyl sites for hydroxylation is 1. The van der Waals surface area contributed by atoms with E-state index in [1.807, 2.05) is 25.1 Å². The quantitative estimate of drug-likeness (QED) is 0.324. The number of aliphatic imine (C=N–C) groups is 1. The van der Waals surface area contributed by atoms with Gasteiger partial charge in [0.05, 0.1) is 19.1 Å². The summed E-state index contributed by atoms with van der Waals surface area (Å²) in [6, 6.07) is 12.3.